The van der Waals surface area contributed by atoms with Crippen molar-refractivity contribution >= 4 is 6.03 Å². The second-order valence-electron chi connectivity index (χ2n) is 3.78. The van der Waals surface area contributed by atoms with Crippen LogP contribution in [0.3, 0.4) is 0 Å². The first kappa shape index (κ1) is 10.4. The lowest BCUT2D eigenvalue weighted by Crippen LogP contribution is -2.41. The van der Waals surface area contributed by atoms with Gasteiger partial charge in [0.05, 0.1) is 0 Å². The van der Waals surface area contributed by atoms with E-state index in [1.54, 1.807) is 0 Å². The summed E-state index contributed by atoms with van der Waals surface area (Å²) in [6.45, 7) is 6.60. The van der Waals surface area contributed by atoms with Crippen molar-refractivity contribution in [3.05, 3.63) is 0 Å². The topological polar surface area (TPSA) is 23.6 Å². The molecule has 0 spiro atoms. The van der Waals surface area contributed by atoms with Crippen LogP contribution in [0.25, 0.3) is 0 Å². The third kappa shape index (κ3) is 2.90. The Kier molecular flexibility index (Phi) is 3.58. The molecule has 0 radical (unpaired) electrons. The summed E-state index contributed by atoms with van der Waals surface area (Å²) in [5.74, 6) is 0.782. The highest BCUT2D eigenvalue weighted by atomic mass is 16.2. The average Bonchev–Trinajstić information content (AvgIpc) is 2.90. The molecule has 0 aliphatic heterocycles. The molecule has 0 unspecified atom stereocenters. The molecule has 0 heterocycles. The van der Waals surface area contributed by atoms with Crippen molar-refractivity contribution in [2.45, 2.75) is 26.7 Å². The maximum atomic E-state index is 11.7. The zero-order chi connectivity index (χ0) is 9.84. The first-order valence-electron chi connectivity index (χ1n) is 5.19. The molecule has 13 heavy (non-hydrogen) atoms. The summed E-state index contributed by atoms with van der Waals surface area (Å²) in [5, 5.41) is 0. The first-order valence-corrected chi connectivity index (χ1v) is 5.19. The fraction of sp³-hybridized carbons (Fsp3) is 0.900. The van der Waals surface area contributed by atoms with E-state index in [1.807, 2.05) is 30.7 Å². The Hall–Kier alpha value is -0.730. The predicted molar refractivity (Wildman–Crippen MR) is 53.7 cm³/mol. The largest absolute Gasteiger partial charge is 0.327 e. The number of hydrogen-bond acceptors (Lipinski definition) is 1. The van der Waals surface area contributed by atoms with Gasteiger partial charge in [0.25, 0.3) is 0 Å². The van der Waals surface area contributed by atoms with Gasteiger partial charge in [-0.3, -0.25) is 0 Å². The van der Waals surface area contributed by atoms with Gasteiger partial charge in [-0.1, -0.05) is 0 Å². The Morgan fingerprint density at radius 1 is 1.31 bits per heavy atom. The minimum absolute atomic E-state index is 0.178. The molecule has 0 bridgehead atoms. The van der Waals surface area contributed by atoms with E-state index in [4.69, 9.17) is 0 Å². The van der Waals surface area contributed by atoms with Crippen LogP contribution >= 0.6 is 0 Å². The smallest absolute Gasteiger partial charge is 0.319 e. The van der Waals surface area contributed by atoms with Crippen molar-refractivity contribution in [1.82, 2.24) is 9.80 Å². The van der Waals surface area contributed by atoms with Crippen LogP contribution in [0.1, 0.15) is 26.7 Å². The fourth-order valence-corrected chi connectivity index (χ4v) is 1.50. The van der Waals surface area contributed by atoms with E-state index in [-0.39, 0.29) is 6.03 Å². The summed E-state index contributed by atoms with van der Waals surface area (Å²) >= 11 is 0. The Morgan fingerprint density at radius 3 is 2.23 bits per heavy atom. The molecule has 0 aromatic carbocycles. The molecule has 1 aliphatic carbocycles. The maximum Gasteiger partial charge on any atom is 0.319 e. The third-order valence-corrected chi connectivity index (χ3v) is 2.59. The quantitative estimate of drug-likeness (QED) is 0.653. The van der Waals surface area contributed by atoms with Gasteiger partial charge in [0.15, 0.2) is 0 Å². The van der Waals surface area contributed by atoms with Crippen LogP contribution in [0, 0.1) is 5.92 Å². The van der Waals surface area contributed by atoms with Gasteiger partial charge < -0.3 is 9.80 Å². The van der Waals surface area contributed by atoms with Crippen LogP contribution in [-0.4, -0.2) is 42.5 Å². The van der Waals surface area contributed by atoms with Gasteiger partial charge in [-0.05, 0) is 32.6 Å². The monoisotopic (exact) mass is 184 g/mol. The summed E-state index contributed by atoms with van der Waals surface area (Å²) in [7, 11) is 1.90. The third-order valence-electron chi connectivity index (χ3n) is 2.59. The molecule has 0 aromatic heterocycles. The van der Waals surface area contributed by atoms with E-state index >= 15 is 0 Å². The zero-order valence-corrected chi connectivity index (χ0v) is 8.92. The van der Waals surface area contributed by atoms with Crippen molar-refractivity contribution in [3.63, 3.8) is 0 Å². The van der Waals surface area contributed by atoms with Crippen LogP contribution in [0.4, 0.5) is 4.79 Å². The Bertz CT molecular complexity index is 174. The van der Waals surface area contributed by atoms with Crippen LogP contribution in [-0.2, 0) is 0 Å². The van der Waals surface area contributed by atoms with Crippen LogP contribution in [0.2, 0.25) is 0 Å². The number of carbonyl (C=O) groups is 1. The molecule has 1 rings (SSSR count). The molecule has 0 saturated heterocycles. The minimum atomic E-state index is 0.178. The number of rotatable bonds is 4. The van der Waals surface area contributed by atoms with Crippen molar-refractivity contribution in [3.8, 4) is 0 Å². The summed E-state index contributed by atoms with van der Waals surface area (Å²) in [6.07, 6.45) is 2.60. The van der Waals surface area contributed by atoms with Gasteiger partial charge in [-0.25, -0.2) is 4.79 Å². The zero-order valence-electron chi connectivity index (χ0n) is 8.92. The molecule has 2 amide bonds. The molecule has 1 aliphatic rings. The lowest BCUT2D eigenvalue weighted by molar-refractivity contribution is 0.166. The molecule has 3 nitrogen and oxygen atoms in total. The van der Waals surface area contributed by atoms with E-state index in [2.05, 4.69) is 0 Å². The van der Waals surface area contributed by atoms with Gasteiger partial charge in [-0.15, -0.1) is 0 Å². The number of amides is 2. The first-order chi connectivity index (χ1) is 6.19. The van der Waals surface area contributed by atoms with Gasteiger partial charge in [0.1, 0.15) is 0 Å². The SMILES string of the molecule is CCN(CC)C(=O)N(C)CC1CC1. The Balaban J connectivity index is 2.33. The summed E-state index contributed by atoms with van der Waals surface area (Å²) in [6, 6.07) is 0.178. The minimum Gasteiger partial charge on any atom is -0.327 e. The molecular weight excluding hydrogens is 164 g/mol. The molecule has 1 saturated carbocycles. The highest BCUT2D eigenvalue weighted by Gasteiger charge is 2.25. The van der Waals surface area contributed by atoms with Crippen LogP contribution in [0.5, 0.6) is 0 Å². The molecule has 3 heteroatoms. The molecule has 0 N–H and O–H groups in total. The lowest BCUT2D eigenvalue weighted by Gasteiger charge is -2.26. The lowest BCUT2D eigenvalue weighted by atomic mass is 10.4. The van der Waals surface area contributed by atoms with Crippen molar-refractivity contribution in [2.24, 2.45) is 5.92 Å². The van der Waals surface area contributed by atoms with Crippen molar-refractivity contribution < 1.29 is 4.79 Å². The van der Waals surface area contributed by atoms with Crippen LogP contribution in [0.15, 0.2) is 0 Å². The highest BCUT2D eigenvalue weighted by Crippen LogP contribution is 2.29. The standard InChI is InChI=1S/C10H20N2O/c1-4-12(5-2)10(13)11(3)8-9-6-7-9/h9H,4-8H2,1-3H3. The number of carbonyl (C=O) groups excluding carboxylic acids is 1. The van der Waals surface area contributed by atoms with Gasteiger partial charge in [0.2, 0.25) is 0 Å². The molecule has 0 aromatic rings. The summed E-state index contributed by atoms with van der Waals surface area (Å²) in [4.78, 5) is 15.4. The van der Waals surface area contributed by atoms with Gasteiger partial charge in [-0.2, -0.15) is 0 Å². The number of urea groups is 1. The average molecular weight is 184 g/mol. The summed E-state index contributed by atoms with van der Waals surface area (Å²) < 4.78 is 0. The van der Waals surface area contributed by atoms with Crippen LogP contribution < -0.4 is 0 Å². The highest BCUT2D eigenvalue weighted by molar-refractivity contribution is 5.74. The van der Waals surface area contributed by atoms with Gasteiger partial charge >= 0.3 is 6.03 Å². The molecular formula is C10H20N2O. The van der Waals surface area contributed by atoms with E-state index in [0.29, 0.717) is 0 Å². The van der Waals surface area contributed by atoms with Crippen molar-refractivity contribution in [2.75, 3.05) is 26.7 Å². The summed E-state index contributed by atoms with van der Waals surface area (Å²) in [5.41, 5.74) is 0. The van der Waals surface area contributed by atoms with E-state index in [1.165, 1.54) is 12.8 Å². The molecule has 76 valence electrons. The Labute approximate surface area is 80.7 Å². The van der Waals surface area contributed by atoms with E-state index in [9.17, 15) is 4.79 Å². The van der Waals surface area contributed by atoms with E-state index < -0.39 is 0 Å². The van der Waals surface area contributed by atoms with E-state index in [0.717, 1.165) is 25.6 Å². The fourth-order valence-electron chi connectivity index (χ4n) is 1.50. The number of hydrogen-bond donors (Lipinski definition) is 0. The maximum absolute atomic E-state index is 11.7. The predicted octanol–water partition coefficient (Wildman–Crippen LogP) is 1.79. The van der Waals surface area contributed by atoms with Gasteiger partial charge in [0, 0.05) is 26.7 Å². The molecule has 0 atom stereocenters. The number of nitrogens with zero attached hydrogens (tertiary/aromatic N) is 2. The molecule has 1 fully saturated rings. The second kappa shape index (κ2) is 4.49. The Morgan fingerprint density at radius 2 is 1.85 bits per heavy atom. The second-order valence-corrected chi connectivity index (χ2v) is 3.78. The van der Waals surface area contributed by atoms with Crippen molar-refractivity contribution in [1.29, 1.82) is 0 Å². The normalized spacial score (nSPS) is 15.6.